The van der Waals surface area contributed by atoms with Crippen molar-refractivity contribution in [2.45, 2.75) is 25.7 Å². The van der Waals surface area contributed by atoms with E-state index in [1.54, 1.807) is 44.2 Å². The molecule has 0 amide bonds. The van der Waals surface area contributed by atoms with E-state index in [1.807, 2.05) is 19.1 Å². The predicted octanol–water partition coefficient (Wildman–Crippen LogP) is 4.49. The fraction of sp³-hybridized carbons (Fsp3) is 0.182. The Morgan fingerprint density at radius 2 is 1.86 bits per heavy atom. The van der Waals surface area contributed by atoms with Gasteiger partial charge in [0.05, 0.1) is 27.4 Å². The standard InChI is InChI=1S/C22H20N2O4S/c1-4-29(27,28)15-7-5-6-14(11-15)19-12(2)10-18-17-9-8-16(22(25)26)13(3)20(17)24-21(18)23-19/h5-11H,4H2,1-3H3,(H,23,24)(H,25,26). The number of aromatic carboxylic acids is 1. The van der Waals surface area contributed by atoms with Crippen LogP contribution in [0.15, 0.2) is 47.4 Å². The Hall–Kier alpha value is -3.19. The second-order valence-corrected chi connectivity index (χ2v) is 9.35. The Morgan fingerprint density at radius 1 is 1.10 bits per heavy atom. The molecule has 4 aromatic rings. The van der Waals surface area contributed by atoms with Gasteiger partial charge in [-0.2, -0.15) is 0 Å². The van der Waals surface area contributed by atoms with Crippen LogP contribution >= 0.6 is 0 Å². The van der Waals surface area contributed by atoms with E-state index in [0.717, 1.165) is 27.4 Å². The van der Waals surface area contributed by atoms with Crippen molar-refractivity contribution in [3.8, 4) is 11.3 Å². The second-order valence-electron chi connectivity index (χ2n) is 7.07. The van der Waals surface area contributed by atoms with Gasteiger partial charge in [0.25, 0.3) is 0 Å². The molecule has 0 saturated carbocycles. The number of carbonyl (C=O) groups is 1. The number of H-pyrrole nitrogens is 1. The van der Waals surface area contributed by atoms with Crippen LogP contribution in [0.25, 0.3) is 33.2 Å². The third-order valence-corrected chi connectivity index (χ3v) is 7.02. The van der Waals surface area contributed by atoms with Gasteiger partial charge in [0.1, 0.15) is 5.65 Å². The molecule has 0 bridgehead atoms. The van der Waals surface area contributed by atoms with Crippen LogP contribution in [0.2, 0.25) is 0 Å². The average molecular weight is 408 g/mol. The molecule has 0 unspecified atom stereocenters. The molecule has 0 radical (unpaired) electrons. The van der Waals surface area contributed by atoms with Gasteiger partial charge >= 0.3 is 5.97 Å². The molecule has 2 N–H and O–H groups in total. The fourth-order valence-electron chi connectivity index (χ4n) is 3.66. The van der Waals surface area contributed by atoms with Crippen LogP contribution in [0.1, 0.15) is 28.4 Å². The molecule has 0 aliphatic rings. The summed E-state index contributed by atoms with van der Waals surface area (Å²) in [6.45, 7) is 5.32. The number of fused-ring (bicyclic) bond motifs is 3. The minimum absolute atomic E-state index is 0.0368. The minimum Gasteiger partial charge on any atom is -0.478 e. The highest BCUT2D eigenvalue weighted by Crippen LogP contribution is 2.33. The maximum absolute atomic E-state index is 12.2. The molecule has 0 aliphatic carbocycles. The zero-order valence-corrected chi connectivity index (χ0v) is 17.1. The van der Waals surface area contributed by atoms with E-state index in [1.165, 1.54) is 0 Å². The smallest absolute Gasteiger partial charge is 0.336 e. The van der Waals surface area contributed by atoms with Crippen LogP contribution in [-0.2, 0) is 9.84 Å². The van der Waals surface area contributed by atoms with Crippen LogP contribution in [0.5, 0.6) is 0 Å². The third kappa shape index (κ3) is 3.07. The van der Waals surface area contributed by atoms with Crippen molar-refractivity contribution < 1.29 is 18.3 Å². The molecule has 0 aliphatic heterocycles. The highest BCUT2D eigenvalue weighted by atomic mass is 32.2. The summed E-state index contributed by atoms with van der Waals surface area (Å²) in [6.07, 6.45) is 0. The van der Waals surface area contributed by atoms with Crippen molar-refractivity contribution in [3.63, 3.8) is 0 Å². The summed E-state index contributed by atoms with van der Waals surface area (Å²) in [5.74, 6) is -0.934. The molecule has 0 fully saturated rings. The van der Waals surface area contributed by atoms with E-state index in [2.05, 4.69) is 4.98 Å². The van der Waals surface area contributed by atoms with Gasteiger partial charge in [-0.05, 0) is 49.2 Å². The molecular weight excluding hydrogens is 388 g/mol. The Balaban J connectivity index is 1.95. The number of carboxylic acid groups (broad SMARTS) is 1. The first-order valence-electron chi connectivity index (χ1n) is 9.22. The lowest BCUT2D eigenvalue weighted by Crippen LogP contribution is -2.03. The SMILES string of the molecule is CCS(=O)(=O)c1cccc(-c2nc3[nH]c4c(C)c(C(=O)O)ccc4c3cc2C)c1. The molecule has 0 spiro atoms. The Kier molecular flexibility index (Phi) is 4.42. The number of aromatic amines is 1. The van der Waals surface area contributed by atoms with Crippen LogP contribution in [0.4, 0.5) is 0 Å². The fourth-order valence-corrected chi connectivity index (χ4v) is 4.58. The zero-order valence-electron chi connectivity index (χ0n) is 16.3. The van der Waals surface area contributed by atoms with Gasteiger partial charge < -0.3 is 10.1 Å². The van der Waals surface area contributed by atoms with E-state index in [9.17, 15) is 18.3 Å². The highest BCUT2D eigenvalue weighted by molar-refractivity contribution is 7.91. The molecule has 6 nitrogen and oxygen atoms in total. The summed E-state index contributed by atoms with van der Waals surface area (Å²) in [4.78, 5) is 19.7. The number of carboxylic acids is 1. The van der Waals surface area contributed by atoms with Gasteiger partial charge in [0.15, 0.2) is 9.84 Å². The van der Waals surface area contributed by atoms with Gasteiger partial charge in [-0.1, -0.05) is 25.1 Å². The summed E-state index contributed by atoms with van der Waals surface area (Å²) in [6, 6.07) is 12.2. The number of nitrogens with zero attached hydrogens (tertiary/aromatic N) is 1. The molecule has 2 aromatic heterocycles. The predicted molar refractivity (Wildman–Crippen MR) is 113 cm³/mol. The molecule has 0 atom stereocenters. The van der Waals surface area contributed by atoms with Crippen LogP contribution < -0.4 is 0 Å². The number of aryl methyl sites for hydroxylation is 2. The van der Waals surface area contributed by atoms with Crippen LogP contribution in [0.3, 0.4) is 0 Å². The van der Waals surface area contributed by atoms with Gasteiger partial charge in [-0.25, -0.2) is 18.2 Å². The Morgan fingerprint density at radius 3 is 2.55 bits per heavy atom. The Labute approximate surface area is 168 Å². The molecule has 29 heavy (non-hydrogen) atoms. The van der Waals surface area contributed by atoms with Crippen molar-refractivity contribution in [1.82, 2.24) is 9.97 Å². The molecule has 2 aromatic carbocycles. The maximum Gasteiger partial charge on any atom is 0.336 e. The summed E-state index contributed by atoms with van der Waals surface area (Å²) < 4.78 is 24.5. The topological polar surface area (TPSA) is 100 Å². The normalized spacial score (nSPS) is 12.0. The van der Waals surface area contributed by atoms with Crippen LogP contribution in [0, 0.1) is 13.8 Å². The van der Waals surface area contributed by atoms with Crippen molar-refractivity contribution in [2.24, 2.45) is 0 Å². The minimum atomic E-state index is -3.31. The number of benzene rings is 2. The monoisotopic (exact) mass is 408 g/mol. The average Bonchev–Trinajstić information content (AvgIpc) is 3.06. The van der Waals surface area contributed by atoms with Gasteiger partial charge in [0.2, 0.25) is 0 Å². The first-order valence-corrected chi connectivity index (χ1v) is 10.9. The lowest BCUT2D eigenvalue weighted by Gasteiger charge is -2.08. The number of rotatable bonds is 4. The summed E-state index contributed by atoms with van der Waals surface area (Å²) in [7, 11) is -3.31. The van der Waals surface area contributed by atoms with Crippen molar-refractivity contribution in [2.75, 3.05) is 5.75 Å². The van der Waals surface area contributed by atoms with Gasteiger partial charge in [-0.3, -0.25) is 0 Å². The quantitative estimate of drug-likeness (QED) is 0.518. The van der Waals surface area contributed by atoms with Crippen molar-refractivity contribution in [1.29, 1.82) is 0 Å². The molecule has 148 valence electrons. The van der Waals surface area contributed by atoms with E-state index >= 15 is 0 Å². The molecule has 7 heteroatoms. The molecule has 0 saturated heterocycles. The summed E-state index contributed by atoms with van der Waals surface area (Å²) in [5.41, 5.74) is 4.60. The first-order chi connectivity index (χ1) is 13.7. The first kappa shape index (κ1) is 19.1. The van der Waals surface area contributed by atoms with E-state index in [-0.39, 0.29) is 16.2 Å². The number of aromatic nitrogens is 2. The maximum atomic E-state index is 12.2. The molecule has 4 rings (SSSR count). The number of sulfone groups is 1. The number of nitrogens with one attached hydrogen (secondary N) is 1. The van der Waals surface area contributed by atoms with Gasteiger partial charge in [0, 0.05) is 16.3 Å². The third-order valence-electron chi connectivity index (χ3n) is 5.29. The lowest BCUT2D eigenvalue weighted by molar-refractivity contribution is 0.0696. The summed E-state index contributed by atoms with van der Waals surface area (Å²) in [5, 5.41) is 11.2. The van der Waals surface area contributed by atoms with Crippen molar-refractivity contribution in [3.05, 3.63) is 59.2 Å². The van der Waals surface area contributed by atoms with E-state index in [0.29, 0.717) is 16.9 Å². The molecular formula is C22H20N2O4S. The van der Waals surface area contributed by atoms with Crippen LogP contribution in [-0.4, -0.2) is 35.2 Å². The largest absolute Gasteiger partial charge is 0.478 e. The van der Waals surface area contributed by atoms with Gasteiger partial charge in [-0.15, -0.1) is 0 Å². The van der Waals surface area contributed by atoms with Crippen molar-refractivity contribution >= 4 is 37.7 Å². The van der Waals surface area contributed by atoms with E-state index in [4.69, 9.17) is 4.98 Å². The summed E-state index contributed by atoms with van der Waals surface area (Å²) >= 11 is 0. The Bertz CT molecular complexity index is 1400. The second kappa shape index (κ2) is 6.70. The van der Waals surface area contributed by atoms with E-state index < -0.39 is 15.8 Å². The number of hydrogen-bond donors (Lipinski definition) is 2. The zero-order chi connectivity index (χ0) is 20.9. The highest BCUT2D eigenvalue weighted by Gasteiger charge is 2.17. The lowest BCUT2D eigenvalue weighted by atomic mass is 10.0. The number of hydrogen-bond acceptors (Lipinski definition) is 4. The molecule has 2 heterocycles. The number of pyridine rings is 1.